The van der Waals surface area contributed by atoms with Gasteiger partial charge in [-0.1, -0.05) is 6.07 Å². The van der Waals surface area contributed by atoms with E-state index in [9.17, 15) is 10.1 Å². The number of ether oxygens (including phenoxy) is 1. The van der Waals surface area contributed by atoms with E-state index in [0.717, 1.165) is 0 Å². The monoisotopic (exact) mass is 282 g/mol. The Morgan fingerprint density at radius 1 is 1.35 bits per heavy atom. The van der Waals surface area contributed by atoms with Crippen LogP contribution in [0.25, 0.3) is 0 Å². The second kappa shape index (κ2) is 7.09. The summed E-state index contributed by atoms with van der Waals surface area (Å²) < 4.78 is 5.52. The molecule has 0 aromatic heterocycles. The van der Waals surface area contributed by atoms with Crippen LogP contribution in [0.5, 0.6) is 5.75 Å². The van der Waals surface area contributed by atoms with Crippen LogP contribution in [-0.4, -0.2) is 35.3 Å². The van der Waals surface area contributed by atoms with E-state index in [4.69, 9.17) is 9.84 Å². The van der Waals surface area contributed by atoms with Gasteiger partial charge in [-0.2, -0.15) is 0 Å². The molecule has 1 rings (SSSR count). The average Bonchev–Trinajstić information content (AvgIpc) is 2.34. The SMILES string of the molecule is CC(C)Oc1cccc(N(CCO)C(C)C)c1[N+](=O)[O-]. The molecule has 0 bridgehead atoms. The molecular weight excluding hydrogens is 260 g/mol. The van der Waals surface area contributed by atoms with E-state index >= 15 is 0 Å². The van der Waals surface area contributed by atoms with Crippen molar-refractivity contribution in [2.75, 3.05) is 18.1 Å². The van der Waals surface area contributed by atoms with Gasteiger partial charge in [0.25, 0.3) is 0 Å². The van der Waals surface area contributed by atoms with Crippen molar-refractivity contribution >= 4 is 11.4 Å². The van der Waals surface area contributed by atoms with Gasteiger partial charge in [-0.3, -0.25) is 10.1 Å². The van der Waals surface area contributed by atoms with E-state index in [0.29, 0.717) is 12.2 Å². The van der Waals surface area contributed by atoms with Crippen LogP contribution in [-0.2, 0) is 0 Å². The molecule has 0 amide bonds. The van der Waals surface area contributed by atoms with E-state index in [2.05, 4.69) is 0 Å². The third-order valence-corrected chi connectivity index (χ3v) is 2.80. The maximum absolute atomic E-state index is 11.4. The molecule has 20 heavy (non-hydrogen) atoms. The summed E-state index contributed by atoms with van der Waals surface area (Å²) in [7, 11) is 0. The highest BCUT2D eigenvalue weighted by atomic mass is 16.6. The molecule has 0 heterocycles. The molecule has 0 radical (unpaired) electrons. The molecule has 0 aliphatic heterocycles. The van der Waals surface area contributed by atoms with Gasteiger partial charge in [0.15, 0.2) is 5.75 Å². The molecule has 0 spiro atoms. The molecular formula is C14H22N2O4. The largest absolute Gasteiger partial charge is 0.484 e. The highest BCUT2D eigenvalue weighted by Gasteiger charge is 2.26. The summed E-state index contributed by atoms with van der Waals surface area (Å²) in [6.45, 7) is 7.77. The lowest BCUT2D eigenvalue weighted by Gasteiger charge is -2.28. The molecule has 1 aromatic carbocycles. The minimum Gasteiger partial charge on any atom is -0.484 e. The van der Waals surface area contributed by atoms with Gasteiger partial charge < -0.3 is 14.7 Å². The summed E-state index contributed by atoms with van der Waals surface area (Å²) in [5.74, 6) is 0.256. The van der Waals surface area contributed by atoms with Crippen LogP contribution in [0.15, 0.2) is 18.2 Å². The van der Waals surface area contributed by atoms with Crippen LogP contribution in [0, 0.1) is 10.1 Å². The van der Waals surface area contributed by atoms with Crippen molar-refractivity contribution in [3.05, 3.63) is 28.3 Å². The molecule has 0 fully saturated rings. The molecule has 0 aliphatic carbocycles. The maximum Gasteiger partial charge on any atom is 0.333 e. The molecule has 112 valence electrons. The fourth-order valence-corrected chi connectivity index (χ4v) is 2.04. The summed E-state index contributed by atoms with van der Waals surface area (Å²) in [5, 5.41) is 20.5. The van der Waals surface area contributed by atoms with Gasteiger partial charge in [-0.05, 0) is 39.8 Å². The number of nitro benzene ring substituents is 1. The third-order valence-electron chi connectivity index (χ3n) is 2.80. The maximum atomic E-state index is 11.4. The minimum absolute atomic E-state index is 0.0372. The summed E-state index contributed by atoms with van der Waals surface area (Å²) in [5.41, 5.74) is 0.417. The van der Waals surface area contributed by atoms with Crippen LogP contribution in [0.3, 0.4) is 0 Å². The Morgan fingerprint density at radius 3 is 2.45 bits per heavy atom. The lowest BCUT2D eigenvalue weighted by atomic mass is 10.2. The highest BCUT2D eigenvalue weighted by Crippen LogP contribution is 2.38. The smallest absolute Gasteiger partial charge is 0.333 e. The molecule has 0 saturated heterocycles. The number of aliphatic hydroxyl groups excluding tert-OH is 1. The fraction of sp³-hybridized carbons (Fsp3) is 0.571. The van der Waals surface area contributed by atoms with Crippen LogP contribution in [0.1, 0.15) is 27.7 Å². The predicted octanol–water partition coefficient (Wildman–Crippen LogP) is 2.59. The van der Waals surface area contributed by atoms with Crippen molar-refractivity contribution in [3.8, 4) is 5.75 Å². The first-order chi connectivity index (χ1) is 9.38. The zero-order valence-electron chi connectivity index (χ0n) is 12.4. The molecule has 0 atom stereocenters. The van der Waals surface area contributed by atoms with E-state index in [1.165, 1.54) is 0 Å². The van der Waals surface area contributed by atoms with E-state index in [-0.39, 0.29) is 30.2 Å². The van der Waals surface area contributed by atoms with Crippen molar-refractivity contribution < 1.29 is 14.8 Å². The second-order valence-corrected chi connectivity index (χ2v) is 5.06. The lowest BCUT2D eigenvalue weighted by molar-refractivity contribution is -0.385. The van der Waals surface area contributed by atoms with Crippen molar-refractivity contribution in [2.45, 2.75) is 39.8 Å². The zero-order chi connectivity index (χ0) is 15.3. The summed E-state index contributed by atoms with van der Waals surface area (Å²) in [6.07, 6.45) is -0.144. The minimum atomic E-state index is -0.431. The predicted molar refractivity (Wildman–Crippen MR) is 78.4 cm³/mol. The first kappa shape index (κ1) is 16.2. The Balaban J connectivity index is 3.33. The van der Waals surface area contributed by atoms with Gasteiger partial charge >= 0.3 is 5.69 Å². The number of hydrogen-bond donors (Lipinski definition) is 1. The Kier molecular flexibility index (Phi) is 5.76. The Morgan fingerprint density at radius 2 is 2.00 bits per heavy atom. The number of benzene rings is 1. The molecule has 6 nitrogen and oxygen atoms in total. The van der Waals surface area contributed by atoms with Crippen LogP contribution in [0.2, 0.25) is 0 Å². The zero-order valence-corrected chi connectivity index (χ0v) is 12.4. The molecule has 0 saturated carbocycles. The normalized spacial score (nSPS) is 10.9. The first-order valence-corrected chi connectivity index (χ1v) is 6.70. The summed E-state index contributed by atoms with van der Waals surface area (Å²) >= 11 is 0. The summed E-state index contributed by atoms with van der Waals surface area (Å²) in [4.78, 5) is 12.8. The molecule has 0 unspecified atom stereocenters. The van der Waals surface area contributed by atoms with Crippen molar-refractivity contribution in [3.63, 3.8) is 0 Å². The van der Waals surface area contributed by atoms with Crippen LogP contribution >= 0.6 is 0 Å². The number of aliphatic hydroxyl groups is 1. The molecule has 6 heteroatoms. The molecule has 1 N–H and O–H groups in total. The number of rotatable bonds is 7. The molecule has 0 aliphatic rings. The average molecular weight is 282 g/mol. The Hall–Kier alpha value is -1.82. The lowest BCUT2D eigenvalue weighted by Crippen LogP contribution is -2.34. The van der Waals surface area contributed by atoms with Crippen LogP contribution < -0.4 is 9.64 Å². The van der Waals surface area contributed by atoms with Crippen molar-refractivity contribution in [1.29, 1.82) is 0 Å². The summed E-state index contributed by atoms with van der Waals surface area (Å²) in [6, 6.07) is 5.04. The fourth-order valence-electron chi connectivity index (χ4n) is 2.04. The Labute approximate surface area is 119 Å². The Bertz CT molecular complexity index is 460. The van der Waals surface area contributed by atoms with Gasteiger partial charge in [-0.25, -0.2) is 0 Å². The third kappa shape index (κ3) is 3.84. The number of anilines is 1. The van der Waals surface area contributed by atoms with Crippen molar-refractivity contribution in [2.24, 2.45) is 0 Å². The van der Waals surface area contributed by atoms with Gasteiger partial charge in [0.2, 0.25) is 0 Å². The number of nitro groups is 1. The van der Waals surface area contributed by atoms with Gasteiger partial charge in [0, 0.05) is 12.6 Å². The van der Waals surface area contributed by atoms with E-state index in [1.807, 2.05) is 27.7 Å². The number of para-hydroxylation sites is 1. The highest BCUT2D eigenvalue weighted by molar-refractivity contribution is 5.70. The second-order valence-electron chi connectivity index (χ2n) is 5.06. The van der Waals surface area contributed by atoms with E-state index in [1.54, 1.807) is 23.1 Å². The quantitative estimate of drug-likeness (QED) is 0.614. The number of nitrogens with zero attached hydrogens (tertiary/aromatic N) is 2. The standard InChI is InChI=1S/C14H22N2O4/c1-10(2)15(8-9-17)12-6-5-7-13(20-11(3)4)14(12)16(18)19/h5-7,10-11,17H,8-9H2,1-4H3. The van der Waals surface area contributed by atoms with E-state index < -0.39 is 4.92 Å². The first-order valence-electron chi connectivity index (χ1n) is 6.70. The van der Waals surface area contributed by atoms with Crippen LogP contribution in [0.4, 0.5) is 11.4 Å². The topological polar surface area (TPSA) is 75.8 Å². The van der Waals surface area contributed by atoms with Crippen molar-refractivity contribution in [1.82, 2.24) is 0 Å². The molecule has 1 aromatic rings. The van der Waals surface area contributed by atoms with Gasteiger partial charge in [0.1, 0.15) is 5.69 Å². The van der Waals surface area contributed by atoms with Gasteiger partial charge in [-0.15, -0.1) is 0 Å². The van der Waals surface area contributed by atoms with Gasteiger partial charge in [0.05, 0.1) is 17.6 Å². The number of hydrogen-bond acceptors (Lipinski definition) is 5.